The van der Waals surface area contributed by atoms with E-state index >= 15 is 0 Å². The fourth-order valence-electron chi connectivity index (χ4n) is 6.19. The minimum Gasteiger partial charge on any atom is -0.463 e. The first-order valence-corrected chi connectivity index (χ1v) is 31.4. The Morgan fingerprint density at radius 1 is 0.446 bits per heavy atom. The van der Waals surface area contributed by atoms with Crippen LogP contribution >= 0.6 is 23.2 Å². The first-order chi connectivity index (χ1) is 39.1. The SMILES string of the molecule is C=CCOP(=O)(CC[C@H](COCC[C@@H](C)OC(C)=O)NC(C)=O)OCCNC(=O)NCCOP(=O)(OCC=C)OC[C@H](COCC[C@@H](C)OC(C)=O)NC(C)=O.C=CCOP(=O)(OCCN)OC[C@H](COCC[C@@H](C)OC(C)=O)NC(C)=O. The minimum atomic E-state index is -4.18. The maximum Gasteiger partial charge on any atom is 0.475 e. The van der Waals surface area contributed by atoms with Gasteiger partial charge in [0, 0.05) is 80.4 Å². The summed E-state index contributed by atoms with van der Waals surface area (Å²) in [5.41, 5.74) is 5.34. The molecule has 0 aliphatic rings. The van der Waals surface area contributed by atoms with Crippen molar-refractivity contribution < 1.29 is 112 Å². The average molecular weight is 1260 g/mol. The van der Waals surface area contributed by atoms with E-state index in [1.54, 1.807) is 20.8 Å². The van der Waals surface area contributed by atoms with Crippen molar-refractivity contribution in [3.05, 3.63) is 38.0 Å². The topological polar surface area (TPSA) is 386 Å². The second-order valence-corrected chi connectivity index (χ2v) is 23.4. The van der Waals surface area contributed by atoms with Crippen molar-refractivity contribution in [1.29, 1.82) is 0 Å². The maximum absolute atomic E-state index is 13.4. The zero-order valence-corrected chi connectivity index (χ0v) is 52.3. The van der Waals surface area contributed by atoms with Crippen LogP contribution in [0.4, 0.5) is 4.79 Å². The minimum absolute atomic E-state index is 0.0102. The first-order valence-electron chi connectivity index (χ1n) is 26.7. The fraction of sp³-hybridized carbons (Fsp3) is 0.740. The largest absolute Gasteiger partial charge is 0.475 e. The highest BCUT2D eigenvalue weighted by atomic mass is 31.2. The third-order valence-corrected chi connectivity index (χ3v) is 14.5. The average Bonchev–Trinajstić information content (AvgIpc) is 3.39. The van der Waals surface area contributed by atoms with Crippen LogP contribution in [0.1, 0.15) is 88.0 Å². The Morgan fingerprint density at radius 2 is 0.795 bits per heavy atom. The van der Waals surface area contributed by atoms with E-state index in [2.05, 4.69) is 46.3 Å². The molecule has 0 bridgehead atoms. The number of carbonyl (C=O) groups excluding carboxylic acids is 7. The molecule has 5 amide bonds. The molecule has 30 nitrogen and oxygen atoms in total. The van der Waals surface area contributed by atoms with Crippen LogP contribution in [0.3, 0.4) is 0 Å². The smallest absolute Gasteiger partial charge is 0.463 e. The number of nitrogens with two attached hydrogens (primary N) is 1. The number of nitrogens with one attached hydrogen (secondary N) is 5. The summed E-state index contributed by atoms with van der Waals surface area (Å²) in [6.07, 6.45) is 4.62. The van der Waals surface area contributed by atoms with E-state index in [0.29, 0.717) is 25.9 Å². The molecule has 0 rings (SSSR count). The molecule has 0 heterocycles. The molecule has 9 atom stereocenters. The predicted molar refractivity (Wildman–Crippen MR) is 304 cm³/mol. The van der Waals surface area contributed by atoms with E-state index in [4.69, 9.17) is 70.3 Å². The Balaban J connectivity index is 0. The molecule has 0 spiro atoms. The van der Waals surface area contributed by atoms with Gasteiger partial charge in [-0.15, -0.1) is 19.7 Å². The van der Waals surface area contributed by atoms with Crippen LogP contribution in [0.2, 0.25) is 0 Å². The third-order valence-electron chi connectivity index (χ3n) is 9.68. The Labute approximate surface area is 488 Å². The molecule has 7 N–H and O–H groups in total. The summed E-state index contributed by atoms with van der Waals surface area (Å²) < 4.78 is 113. The number of rotatable bonds is 50. The zero-order chi connectivity index (χ0) is 63.1. The van der Waals surface area contributed by atoms with Crippen molar-refractivity contribution in [2.45, 2.75) is 124 Å². The predicted octanol–water partition coefficient (Wildman–Crippen LogP) is 4.31. The van der Waals surface area contributed by atoms with Gasteiger partial charge in [0.2, 0.25) is 17.7 Å². The van der Waals surface area contributed by atoms with Crippen molar-refractivity contribution >= 4 is 64.9 Å². The highest BCUT2D eigenvalue weighted by molar-refractivity contribution is 7.53. The Hall–Kier alpha value is -4.48. The van der Waals surface area contributed by atoms with Gasteiger partial charge in [-0.1, -0.05) is 18.2 Å². The number of esters is 3. The van der Waals surface area contributed by atoms with Crippen LogP contribution in [0.15, 0.2) is 38.0 Å². The van der Waals surface area contributed by atoms with Crippen LogP contribution < -0.4 is 32.3 Å². The molecular formula is C50H93N6O24P3. The van der Waals surface area contributed by atoms with Crippen LogP contribution in [-0.4, -0.2) is 196 Å². The van der Waals surface area contributed by atoms with Crippen molar-refractivity contribution in [3.63, 3.8) is 0 Å². The number of phosphoric acid groups is 2. The second kappa shape index (κ2) is 48.7. The van der Waals surface area contributed by atoms with Gasteiger partial charge in [-0.3, -0.25) is 60.5 Å². The lowest BCUT2D eigenvalue weighted by Crippen LogP contribution is -2.40. The molecule has 33 heteroatoms. The molecule has 83 heavy (non-hydrogen) atoms. The van der Waals surface area contributed by atoms with Crippen molar-refractivity contribution in [1.82, 2.24) is 26.6 Å². The van der Waals surface area contributed by atoms with Gasteiger partial charge in [-0.05, 0) is 27.2 Å². The standard InChI is InChI=1S/C34H62N4O16P2.C16H31N2O8P/c1-9-16-48-55(44,22-13-32(37-28(5)39)23-46-18-11-26(3)53-30(7)41)49-20-14-35-34(43)36-15-21-51-56(45,50-17-10-2)52-25-33(38-29(6)40)24-47-19-12-27(4)54-31(8)42;1-5-8-23-27(21,24-10-7-17)25-12-16(18-14(3)19)11-22-9-6-13(2)26-15(4)20/h9-10,26-27,32-33H,1-2,11-25H2,3-8H3,(H,37,39)(H,38,40)(H2,35,36,43);5,13,16H,1,6-12,17H2,2-4H3,(H,18,19)/t26-,27-,32-,33+,55?,56?;13-,16+,27?/m11/s1. The molecule has 0 aliphatic carbocycles. The molecule has 0 saturated heterocycles. The fourth-order valence-corrected chi connectivity index (χ4v) is 10.2. The molecule has 0 radical (unpaired) electrons. The summed E-state index contributed by atoms with van der Waals surface area (Å²) in [5, 5.41) is 13.0. The van der Waals surface area contributed by atoms with Gasteiger partial charge in [0.15, 0.2) is 0 Å². The lowest BCUT2D eigenvalue weighted by molar-refractivity contribution is -0.147. The summed E-state index contributed by atoms with van der Waals surface area (Å²) in [6, 6.07) is -2.45. The molecule has 0 aliphatic heterocycles. The molecule has 482 valence electrons. The van der Waals surface area contributed by atoms with Gasteiger partial charge in [0.05, 0.1) is 117 Å². The third kappa shape index (κ3) is 49.5. The highest BCUT2D eigenvalue weighted by Crippen LogP contribution is 2.50. The monoisotopic (exact) mass is 1250 g/mol. The van der Waals surface area contributed by atoms with Gasteiger partial charge in [0.25, 0.3) is 0 Å². The van der Waals surface area contributed by atoms with E-state index in [-0.39, 0.29) is 160 Å². The zero-order valence-electron chi connectivity index (χ0n) is 49.6. The molecule has 0 saturated carbocycles. The summed E-state index contributed by atoms with van der Waals surface area (Å²) >= 11 is 0. The molecule has 0 fully saturated rings. The van der Waals surface area contributed by atoms with Gasteiger partial charge >= 0.3 is 47.2 Å². The van der Waals surface area contributed by atoms with E-state index in [1.807, 2.05) is 0 Å². The Bertz CT molecular complexity index is 1970. The Morgan fingerprint density at radius 3 is 1.16 bits per heavy atom. The number of hydrogen-bond acceptors (Lipinski definition) is 25. The highest BCUT2D eigenvalue weighted by Gasteiger charge is 2.31. The Kier molecular flexibility index (Phi) is 47.3. The van der Waals surface area contributed by atoms with E-state index < -0.39 is 59.3 Å². The molecule has 0 aromatic carbocycles. The van der Waals surface area contributed by atoms with Crippen LogP contribution in [0.5, 0.6) is 0 Å². The molecule has 3 unspecified atom stereocenters. The lowest BCUT2D eigenvalue weighted by Gasteiger charge is -2.23. The number of phosphoric ester groups is 2. The van der Waals surface area contributed by atoms with E-state index in [0.717, 1.165) is 0 Å². The van der Waals surface area contributed by atoms with Gasteiger partial charge < -0.3 is 69.8 Å². The van der Waals surface area contributed by atoms with E-state index in [9.17, 15) is 47.3 Å². The first kappa shape index (κ1) is 80.6. The summed E-state index contributed by atoms with van der Waals surface area (Å²) in [5.74, 6) is -2.17. The van der Waals surface area contributed by atoms with Gasteiger partial charge in [-0.25, -0.2) is 13.9 Å². The summed E-state index contributed by atoms with van der Waals surface area (Å²) in [6.45, 7) is 23.4. The maximum atomic E-state index is 13.4. The quantitative estimate of drug-likeness (QED) is 0.0162. The van der Waals surface area contributed by atoms with E-state index in [1.165, 1.54) is 59.8 Å². The molecular weight excluding hydrogens is 1160 g/mol. The van der Waals surface area contributed by atoms with Gasteiger partial charge in [0.1, 0.15) is 18.3 Å². The number of carbonyl (C=O) groups is 7. The number of hydrogen-bond donors (Lipinski definition) is 6. The van der Waals surface area contributed by atoms with Crippen LogP contribution in [0, 0.1) is 0 Å². The van der Waals surface area contributed by atoms with Crippen molar-refractivity contribution in [2.75, 3.05) is 118 Å². The molecule has 0 aromatic heterocycles. The van der Waals surface area contributed by atoms with Crippen molar-refractivity contribution in [3.8, 4) is 0 Å². The summed E-state index contributed by atoms with van der Waals surface area (Å²) in [7, 11) is -11.7. The normalized spacial score (nSPS) is 15.4. The van der Waals surface area contributed by atoms with Gasteiger partial charge in [-0.2, -0.15) is 0 Å². The second-order valence-electron chi connectivity index (χ2n) is 17.9. The van der Waals surface area contributed by atoms with Crippen LogP contribution in [0.25, 0.3) is 0 Å². The van der Waals surface area contributed by atoms with Crippen molar-refractivity contribution in [2.24, 2.45) is 5.73 Å². The number of urea groups is 1. The van der Waals surface area contributed by atoms with Crippen LogP contribution in [-0.2, 0) is 107 Å². The lowest BCUT2D eigenvalue weighted by atomic mass is 10.2. The molecule has 0 aromatic rings. The number of amides is 5. The summed E-state index contributed by atoms with van der Waals surface area (Å²) in [4.78, 5) is 80.2. The number of ether oxygens (including phenoxy) is 6.